The van der Waals surface area contributed by atoms with Crippen molar-refractivity contribution in [2.24, 2.45) is 0 Å². The predicted molar refractivity (Wildman–Crippen MR) is 105 cm³/mol. The van der Waals surface area contributed by atoms with Crippen LogP contribution >= 0.6 is 0 Å². The maximum atomic E-state index is 14.7. The van der Waals surface area contributed by atoms with Crippen LogP contribution in [0.5, 0.6) is 0 Å². The van der Waals surface area contributed by atoms with Crippen molar-refractivity contribution < 1.29 is 18.7 Å². The summed E-state index contributed by atoms with van der Waals surface area (Å²) in [7, 11) is 0. The SMILES string of the molecule is CC(C)(C)OC(=O)N[C@H](C#N)Cc1ccc(-c2ccc3c(c2)C(=O)NC3)cc1F. The number of benzene rings is 2. The predicted octanol–water partition coefficient (Wildman–Crippen LogP) is 3.70. The van der Waals surface area contributed by atoms with Crippen molar-refractivity contribution in [2.45, 2.75) is 45.4 Å². The first-order valence-corrected chi connectivity index (χ1v) is 9.25. The van der Waals surface area contributed by atoms with Crippen LogP contribution in [-0.4, -0.2) is 23.6 Å². The van der Waals surface area contributed by atoms with Gasteiger partial charge < -0.3 is 15.4 Å². The van der Waals surface area contributed by atoms with Gasteiger partial charge in [-0.15, -0.1) is 0 Å². The molecule has 29 heavy (non-hydrogen) atoms. The summed E-state index contributed by atoms with van der Waals surface area (Å²) in [5.41, 5.74) is 2.48. The average molecular weight is 395 g/mol. The summed E-state index contributed by atoms with van der Waals surface area (Å²) in [6, 6.07) is 11.1. The number of hydrogen-bond acceptors (Lipinski definition) is 4. The van der Waals surface area contributed by atoms with Crippen LogP contribution in [-0.2, 0) is 17.7 Å². The Labute approximate surface area is 168 Å². The second-order valence-corrected chi connectivity index (χ2v) is 7.89. The number of carbonyl (C=O) groups is 2. The molecule has 6 nitrogen and oxygen atoms in total. The average Bonchev–Trinajstić information content (AvgIpc) is 3.01. The highest BCUT2D eigenvalue weighted by Crippen LogP contribution is 2.27. The lowest BCUT2D eigenvalue weighted by atomic mass is 9.97. The smallest absolute Gasteiger partial charge is 0.408 e. The van der Waals surface area contributed by atoms with E-state index in [9.17, 15) is 19.2 Å². The summed E-state index contributed by atoms with van der Waals surface area (Å²) >= 11 is 0. The molecule has 1 heterocycles. The molecule has 0 spiro atoms. The number of amides is 2. The third-order valence-corrected chi connectivity index (χ3v) is 4.45. The zero-order valence-electron chi connectivity index (χ0n) is 16.5. The maximum Gasteiger partial charge on any atom is 0.408 e. The zero-order valence-corrected chi connectivity index (χ0v) is 16.5. The Hall–Kier alpha value is -3.40. The van der Waals surface area contributed by atoms with E-state index in [0.29, 0.717) is 23.2 Å². The second-order valence-electron chi connectivity index (χ2n) is 7.89. The molecule has 2 N–H and O–H groups in total. The molecule has 2 amide bonds. The minimum atomic E-state index is -0.922. The molecule has 2 aromatic carbocycles. The summed E-state index contributed by atoms with van der Waals surface area (Å²) in [4.78, 5) is 23.7. The third-order valence-electron chi connectivity index (χ3n) is 4.45. The van der Waals surface area contributed by atoms with E-state index in [1.165, 1.54) is 6.07 Å². The zero-order chi connectivity index (χ0) is 21.2. The van der Waals surface area contributed by atoms with Crippen LogP contribution in [0.2, 0.25) is 0 Å². The molecule has 7 heteroatoms. The van der Waals surface area contributed by atoms with Gasteiger partial charge in [-0.2, -0.15) is 5.26 Å². The molecule has 2 aromatic rings. The maximum absolute atomic E-state index is 14.7. The van der Waals surface area contributed by atoms with Gasteiger partial charge in [0.1, 0.15) is 17.5 Å². The van der Waals surface area contributed by atoms with Crippen LogP contribution in [0.4, 0.5) is 9.18 Å². The number of nitrogens with one attached hydrogen (secondary N) is 2. The number of nitriles is 1. The van der Waals surface area contributed by atoms with Crippen LogP contribution in [0.3, 0.4) is 0 Å². The highest BCUT2D eigenvalue weighted by molar-refractivity contribution is 5.99. The number of nitrogens with zero attached hydrogens (tertiary/aromatic N) is 1. The van der Waals surface area contributed by atoms with Gasteiger partial charge in [-0.3, -0.25) is 4.79 Å². The number of hydrogen-bond donors (Lipinski definition) is 2. The quantitative estimate of drug-likeness (QED) is 0.826. The van der Waals surface area contributed by atoms with E-state index in [2.05, 4.69) is 10.6 Å². The molecule has 0 radical (unpaired) electrons. The Morgan fingerprint density at radius 3 is 2.62 bits per heavy atom. The minimum absolute atomic E-state index is 0.00838. The summed E-state index contributed by atoms with van der Waals surface area (Å²) in [6.07, 6.45) is -0.716. The van der Waals surface area contributed by atoms with Crippen LogP contribution in [0.25, 0.3) is 11.1 Å². The fourth-order valence-corrected chi connectivity index (χ4v) is 3.08. The van der Waals surface area contributed by atoms with Crippen molar-refractivity contribution in [3.8, 4) is 17.2 Å². The third kappa shape index (κ3) is 4.91. The fraction of sp³-hybridized carbons (Fsp3) is 0.318. The van der Waals surface area contributed by atoms with Crippen LogP contribution in [0.1, 0.15) is 42.3 Å². The lowest BCUT2D eigenvalue weighted by Gasteiger charge is -2.21. The number of halogens is 1. The Morgan fingerprint density at radius 1 is 1.28 bits per heavy atom. The first-order valence-electron chi connectivity index (χ1n) is 9.25. The van der Waals surface area contributed by atoms with Gasteiger partial charge in [-0.05, 0) is 55.2 Å². The first kappa shape index (κ1) is 20.3. The van der Waals surface area contributed by atoms with Crippen LogP contribution < -0.4 is 10.6 Å². The highest BCUT2D eigenvalue weighted by atomic mass is 19.1. The van der Waals surface area contributed by atoms with E-state index < -0.39 is 23.6 Å². The van der Waals surface area contributed by atoms with E-state index in [1.54, 1.807) is 39.0 Å². The van der Waals surface area contributed by atoms with Crippen molar-refractivity contribution in [3.05, 3.63) is 58.9 Å². The Bertz CT molecular complexity index is 1010. The van der Waals surface area contributed by atoms with Crippen LogP contribution in [0, 0.1) is 17.1 Å². The molecule has 3 rings (SSSR count). The Balaban J connectivity index is 1.74. The molecule has 0 aromatic heterocycles. The molecular formula is C22H22FN3O3. The van der Waals surface area contributed by atoms with E-state index in [4.69, 9.17) is 4.74 Å². The number of carbonyl (C=O) groups excluding carboxylic acids is 2. The van der Waals surface area contributed by atoms with Crippen molar-refractivity contribution in [3.63, 3.8) is 0 Å². The van der Waals surface area contributed by atoms with E-state index >= 15 is 0 Å². The van der Waals surface area contributed by atoms with Gasteiger partial charge in [0.05, 0.1) is 6.07 Å². The Morgan fingerprint density at radius 2 is 1.97 bits per heavy atom. The molecule has 0 saturated heterocycles. The summed E-state index contributed by atoms with van der Waals surface area (Å²) in [5.74, 6) is -0.622. The van der Waals surface area contributed by atoms with E-state index in [-0.39, 0.29) is 12.3 Å². The lowest BCUT2D eigenvalue weighted by molar-refractivity contribution is 0.0515. The number of rotatable bonds is 4. The molecular weight excluding hydrogens is 373 g/mol. The molecule has 1 aliphatic rings. The van der Waals surface area contributed by atoms with Gasteiger partial charge in [0.25, 0.3) is 5.91 Å². The highest BCUT2D eigenvalue weighted by Gasteiger charge is 2.21. The standard InChI is InChI=1S/C22H22FN3O3/c1-22(2,3)29-21(28)26-17(11-24)8-15-6-4-14(10-19(15)23)13-5-7-16-12-25-20(27)18(16)9-13/h4-7,9-10,17H,8,12H2,1-3H3,(H,25,27)(H,26,28)/t17-/m0/s1. The molecule has 0 fully saturated rings. The topological polar surface area (TPSA) is 91.2 Å². The van der Waals surface area contributed by atoms with Gasteiger partial charge in [0, 0.05) is 18.5 Å². The summed E-state index contributed by atoms with van der Waals surface area (Å²) in [6.45, 7) is 5.65. The monoisotopic (exact) mass is 395 g/mol. The molecule has 150 valence electrons. The molecule has 1 atom stereocenters. The summed E-state index contributed by atoms with van der Waals surface area (Å²) < 4.78 is 19.8. The number of fused-ring (bicyclic) bond motifs is 1. The second kappa shape index (κ2) is 7.92. The molecule has 0 unspecified atom stereocenters. The number of alkyl carbamates (subject to hydrolysis) is 1. The summed E-state index contributed by atoms with van der Waals surface area (Å²) in [5, 5.41) is 14.5. The van der Waals surface area contributed by atoms with Crippen molar-refractivity contribution in [1.82, 2.24) is 10.6 Å². The largest absolute Gasteiger partial charge is 0.444 e. The van der Waals surface area contributed by atoms with Gasteiger partial charge in [-0.1, -0.05) is 24.3 Å². The number of ether oxygens (including phenoxy) is 1. The van der Waals surface area contributed by atoms with E-state index in [0.717, 1.165) is 11.1 Å². The van der Waals surface area contributed by atoms with Crippen LogP contribution in [0.15, 0.2) is 36.4 Å². The van der Waals surface area contributed by atoms with Gasteiger partial charge >= 0.3 is 6.09 Å². The molecule has 0 saturated carbocycles. The minimum Gasteiger partial charge on any atom is -0.444 e. The van der Waals surface area contributed by atoms with Crippen molar-refractivity contribution in [2.75, 3.05) is 0 Å². The van der Waals surface area contributed by atoms with Crippen molar-refractivity contribution in [1.29, 1.82) is 5.26 Å². The molecule has 0 bridgehead atoms. The van der Waals surface area contributed by atoms with E-state index in [1.807, 2.05) is 18.2 Å². The normalized spacial score (nSPS) is 13.8. The van der Waals surface area contributed by atoms with Gasteiger partial charge in [0.15, 0.2) is 0 Å². The fourth-order valence-electron chi connectivity index (χ4n) is 3.08. The first-order chi connectivity index (χ1) is 13.7. The molecule has 1 aliphatic heterocycles. The van der Waals surface area contributed by atoms with Gasteiger partial charge in [-0.25, -0.2) is 9.18 Å². The van der Waals surface area contributed by atoms with Gasteiger partial charge in [0.2, 0.25) is 0 Å². The Kier molecular flexibility index (Phi) is 5.55. The molecule has 0 aliphatic carbocycles. The van der Waals surface area contributed by atoms with Crippen molar-refractivity contribution >= 4 is 12.0 Å². The lowest BCUT2D eigenvalue weighted by Crippen LogP contribution is -2.39.